The zero-order chi connectivity index (χ0) is 21.1. The van der Waals surface area contributed by atoms with Gasteiger partial charge in [0.15, 0.2) is 0 Å². The van der Waals surface area contributed by atoms with E-state index in [2.05, 4.69) is 68.5 Å². The molecule has 3 aromatic rings. The lowest BCUT2D eigenvalue weighted by Crippen LogP contribution is -2.28. The second-order valence-corrected chi connectivity index (χ2v) is 7.26. The summed E-state index contributed by atoms with van der Waals surface area (Å²) in [6.07, 6.45) is 0. The first-order valence-electron chi connectivity index (χ1n) is 10.5. The van der Waals surface area contributed by atoms with E-state index < -0.39 is 0 Å². The van der Waals surface area contributed by atoms with Crippen molar-refractivity contribution in [2.75, 3.05) is 36.0 Å². The summed E-state index contributed by atoms with van der Waals surface area (Å²) in [5, 5.41) is 10.9. The van der Waals surface area contributed by atoms with Crippen LogP contribution in [0.4, 0.5) is 11.5 Å². The van der Waals surface area contributed by atoms with E-state index in [0.717, 1.165) is 59.7 Å². The molecule has 0 unspecified atom stereocenters. The SMILES string of the molecule is CCN(CC)c1nc(-c2c(C#N)[nH]c3ccccc23)c(C)c(N(CC)CC)c1C. The van der Waals surface area contributed by atoms with Crippen molar-refractivity contribution in [2.45, 2.75) is 41.5 Å². The predicted molar refractivity (Wildman–Crippen MR) is 123 cm³/mol. The Hall–Kier alpha value is -3.00. The highest BCUT2D eigenvalue weighted by Crippen LogP contribution is 2.40. The largest absolute Gasteiger partial charge is 0.371 e. The summed E-state index contributed by atoms with van der Waals surface area (Å²) in [4.78, 5) is 13.1. The minimum atomic E-state index is 0.571. The number of hydrogen-bond acceptors (Lipinski definition) is 4. The Morgan fingerprint density at radius 1 is 0.931 bits per heavy atom. The van der Waals surface area contributed by atoms with Gasteiger partial charge in [0.1, 0.15) is 17.6 Å². The topological polar surface area (TPSA) is 59.0 Å². The maximum atomic E-state index is 9.84. The lowest BCUT2D eigenvalue weighted by Gasteiger charge is -2.31. The smallest absolute Gasteiger partial charge is 0.134 e. The third kappa shape index (κ3) is 3.44. The van der Waals surface area contributed by atoms with Crippen LogP contribution in [0, 0.1) is 25.2 Å². The monoisotopic (exact) mass is 389 g/mol. The van der Waals surface area contributed by atoms with E-state index in [0.29, 0.717) is 5.69 Å². The van der Waals surface area contributed by atoms with E-state index >= 15 is 0 Å². The third-order valence-corrected chi connectivity index (χ3v) is 5.82. The molecule has 2 heterocycles. The molecule has 0 saturated heterocycles. The molecule has 0 aliphatic carbocycles. The number of aromatic nitrogens is 2. The van der Waals surface area contributed by atoms with Crippen LogP contribution in [0.2, 0.25) is 0 Å². The fourth-order valence-corrected chi connectivity index (χ4v) is 4.33. The highest BCUT2D eigenvalue weighted by molar-refractivity contribution is 5.99. The molecule has 0 atom stereocenters. The molecule has 0 spiro atoms. The molecule has 1 aromatic carbocycles. The average Bonchev–Trinajstić information content (AvgIpc) is 3.12. The lowest BCUT2D eigenvalue weighted by molar-refractivity contribution is 0.824. The van der Waals surface area contributed by atoms with E-state index in [-0.39, 0.29) is 0 Å². The standard InChI is InChI=1S/C24H31N5/c1-7-28(8-2)23-16(5)22(27-24(17(23)6)29(9-3)10-4)21-18-13-11-12-14-19(18)26-20(21)15-25/h11-14,26H,7-10H2,1-6H3. The van der Waals surface area contributed by atoms with Gasteiger partial charge in [0.25, 0.3) is 0 Å². The Labute approximate surface area is 174 Å². The van der Waals surface area contributed by atoms with Crippen LogP contribution < -0.4 is 9.80 Å². The molecular formula is C24H31N5. The molecule has 29 heavy (non-hydrogen) atoms. The number of para-hydroxylation sites is 1. The summed E-state index contributed by atoms with van der Waals surface area (Å²) < 4.78 is 0. The number of pyridine rings is 1. The summed E-state index contributed by atoms with van der Waals surface area (Å²) >= 11 is 0. The van der Waals surface area contributed by atoms with Gasteiger partial charge in [-0.25, -0.2) is 4.98 Å². The van der Waals surface area contributed by atoms with Crippen molar-refractivity contribution in [3.8, 4) is 17.3 Å². The third-order valence-electron chi connectivity index (χ3n) is 5.82. The van der Waals surface area contributed by atoms with Gasteiger partial charge in [-0.1, -0.05) is 18.2 Å². The van der Waals surface area contributed by atoms with Crippen LogP contribution in [0.5, 0.6) is 0 Å². The van der Waals surface area contributed by atoms with Crippen molar-refractivity contribution in [2.24, 2.45) is 0 Å². The first-order chi connectivity index (χ1) is 14.0. The molecular weight excluding hydrogens is 358 g/mol. The number of aromatic amines is 1. The summed E-state index contributed by atoms with van der Waals surface area (Å²) in [6.45, 7) is 16.6. The van der Waals surface area contributed by atoms with Crippen LogP contribution in [0.25, 0.3) is 22.2 Å². The van der Waals surface area contributed by atoms with E-state index in [1.54, 1.807) is 0 Å². The molecule has 3 rings (SSSR count). The van der Waals surface area contributed by atoms with Crippen LogP contribution in [-0.4, -0.2) is 36.1 Å². The van der Waals surface area contributed by atoms with E-state index in [4.69, 9.17) is 4.98 Å². The fourth-order valence-electron chi connectivity index (χ4n) is 4.33. The number of anilines is 2. The van der Waals surface area contributed by atoms with Crippen molar-refractivity contribution in [3.63, 3.8) is 0 Å². The Morgan fingerprint density at radius 2 is 1.55 bits per heavy atom. The molecule has 152 valence electrons. The minimum absolute atomic E-state index is 0.571. The predicted octanol–water partition coefficient (Wildman–Crippen LogP) is 5.41. The van der Waals surface area contributed by atoms with Gasteiger partial charge in [0.2, 0.25) is 0 Å². The molecule has 5 nitrogen and oxygen atoms in total. The summed E-state index contributed by atoms with van der Waals surface area (Å²) in [7, 11) is 0. The molecule has 0 radical (unpaired) electrons. The van der Waals surface area contributed by atoms with Crippen molar-refractivity contribution in [3.05, 3.63) is 41.1 Å². The molecule has 0 saturated carbocycles. The van der Waals surface area contributed by atoms with Crippen molar-refractivity contribution in [1.82, 2.24) is 9.97 Å². The van der Waals surface area contributed by atoms with Gasteiger partial charge >= 0.3 is 0 Å². The number of rotatable bonds is 7. The number of H-pyrrole nitrogens is 1. The van der Waals surface area contributed by atoms with Gasteiger partial charge < -0.3 is 14.8 Å². The number of benzene rings is 1. The second-order valence-electron chi connectivity index (χ2n) is 7.26. The highest BCUT2D eigenvalue weighted by Gasteiger charge is 2.24. The van der Waals surface area contributed by atoms with Gasteiger partial charge in [-0.05, 0) is 53.2 Å². The number of nitrogens with one attached hydrogen (secondary N) is 1. The number of nitrogens with zero attached hydrogens (tertiary/aromatic N) is 4. The van der Waals surface area contributed by atoms with Crippen LogP contribution in [-0.2, 0) is 0 Å². The van der Waals surface area contributed by atoms with Crippen molar-refractivity contribution in [1.29, 1.82) is 5.26 Å². The van der Waals surface area contributed by atoms with E-state index in [9.17, 15) is 5.26 Å². The number of hydrogen-bond donors (Lipinski definition) is 1. The Morgan fingerprint density at radius 3 is 2.14 bits per heavy atom. The zero-order valence-corrected chi connectivity index (χ0v) is 18.4. The Bertz CT molecular complexity index is 1050. The first-order valence-corrected chi connectivity index (χ1v) is 10.5. The normalized spacial score (nSPS) is 10.9. The maximum absolute atomic E-state index is 9.84. The number of fused-ring (bicyclic) bond motifs is 1. The minimum Gasteiger partial charge on any atom is -0.371 e. The Balaban J connectivity index is 2.43. The van der Waals surface area contributed by atoms with E-state index in [1.807, 2.05) is 18.2 Å². The fraction of sp³-hybridized carbons (Fsp3) is 0.417. The lowest BCUT2D eigenvalue weighted by atomic mass is 9.98. The summed E-state index contributed by atoms with van der Waals surface area (Å²) in [6, 6.07) is 10.4. The quantitative estimate of drug-likeness (QED) is 0.587. The van der Waals surface area contributed by atoms with Gasteiger partial charge in [-0.15, -0.1) is 0 Å². The number of nitriles is 1. The van der Waals surface area contributed by atoms with Crippen molar-refractivity contribution < 1.29 is 0 Å². The molecule has 2 aromatic heterocycles. The molecule has 1 N–H and O–H groups in total. The zero-order valence-electron chi connectivity index (χ0n) is 18.4. The van der Waals surface area contributed by atoms with Gasteiger partial charge in [-0.3, -0.25) is 0 Å². The average molecular weight is 390 g/mol. The van der Waals surface area contributed by atoms with Crippen LogP contribution in [0.1, 0.15) is 44.5 Å². The molecule has 5 heteroatoms. The van der Waals surface area contributed by atoms with Gasteiger partial charge in [0, 0.05) is 53.9 Å². The summed E-state index contributed by atoms with van der Waals surface area (Å²) in [5.74, 6) is 1.01. The van der Waals surface area contributed by atoms with Crippen molar-refractivity contribution >= 4 is 22.4 Å². The van der Waals surface area contributed by atoms with Gasteiger partial charge in [0.05, 0.1) is 5.69 Å². The molecule has 0 aliphatic rings. The molecule has 0 fully saturated rings. The Kier molecular flexibility index (Phi) is 6.12. The van der Waals surface area contributed by atoms with Crippen LogP contribution in [0.15, 0.2) is 24.3 Å². The molecule has 0 aliphatic heterocycles. The summed E-state index contributed by atoms with van der Waals surface area (Å²) in [5.41, 5.74) is 6.91. The molecule has 0 amide bonds. The first kappa shape index (κ1) is 20.7. The van der Waals surface area contributed by atoms with Crippen LogP contribution >= 0.6 is 0 Å². The van der Waals surface area contributed by atoms with E-state index in [1.165, 1.54) is 11.3 Å². The van der Waals surface area contributed by atoms with Crippen LogP contribution in [0.3, 0.4) is 0 Å². The maximum Gasteiger partial charge on any atom is 0.134 e. The second kappa shape index (κ2) is 8.57. The van der Waals surface area contributed by atoms with Gasteiger partial charge in [-0.2, -0.15) is 5.26 Å². The highest BCUT2D eigenvalue weighted by atomic mass is 15.2. The molecule has 0 bridgehead atoms.